The van der Waals surface area contributed by atoms with Crippen LogP contribution in [0.2, 0.25) is 5.02 Å². The van der Waals surface area contributed by atoms with Gasteiger partial charge >= 0.3 is 0 Å². The number of ether oxygens (including phenoxy) is 1. The third-order valence-corrected chi connectivity index (χ3v) is 3.59. The highest BCUT2D eigenvalue weighted by atomic mass is 35.5. The molecule has 1 aliphatic rings. The highest BCUT2D eigenvalue weighted by molar-refractivity contribution is 6.32. The molecule has 2 heterocycles. The summed E-state index contributed by atoms with van der Waals surface area (Å²) in [6.07, 6.45) is 5.99. The molecule has 0 saturated carbocycles. The number of hydrogen-bond acceptors (Lipinski definition) is 3. The zero-order valence-corrected chi connectivity index (χ0v) is 11.3. The molecule has 1 fully saturated rings. The molecule has 1 N–H and O–H groups in total. The summed E-state index contributed by atoms with van der Waals surface area (Å²) in [6.45, 7) is 1.78. The van der Waals surface area contributed by atoms with Crippen LogP contribution >= 0.6 is 11.6 Å². The Bertz CT molecular complexity index is 549. The average molecular weight is 278 g/mol. The molecule has 1 atom stereocenters. The molecule has 5 heteroatoms. The normalized spacial score (nSPS) is 18.7. The van der Waals surface area contributed by atoms with E-state index in [2.05, 4.69) is 10.4 Å². The Kier molecular flexibility index (Phi) is 3.71. The minimum Gasteiger partial charge on any atom is -0.489 e. The van der Waals surface area contributed by atoms with E-state index in [9.17, 15) is 0 Å². The molecular weight excluding hydrogens is 262 g/mol. The van der Waals surface area contributed by atoms with Crippen LogP contribution in [0.4, 0.5) is 0 Å². The molecule has 19 heavy (non-hydrogen) atoms. The van der Waals surface area contributed by atoms with Crippen LogP contribution in [-0.2, 0) is 0 Å². The maximum absolute atomic E-state index is 6.14. The fraction of sp³-hybridized carbons (Fsp3) is 0.357. The molecule has 1 aromatic heterocycles. The predicted molar refractivity (Wildman–Crippen MR) is 75.1 cm³/mol. The van der Waals surface area contributed by atoms with Crippen LogP contribution < -0.4 is 10.1 Å². The average Bonchev–Trinajstić information content (AvgIpc) is 3.08. The van der Waals surface area contributed by atoms with E-state index in [1.54, 1.807) is 10.9 Å². The van der Waals surface area contributed by atoms with E-state index in [1.165, 1.54) is 12.8 Å². The SMILES string of the molecule is Clc1ccccc1-n1cc(OCC2CCCN2)cn1. The van der Waals surface area contributed by atoms with Crippen molar-refractivity contribution in [2.24, 2.45) is 0 Å². The fourth-order valence-electron chi connectivity index (χ4n) is 2.25. The number of rotatable bonds is 4. The first-order chi connectivity index (χ1) is 9.33. The summed E-state index contributed by atoms with van der Waals surface area (Å²) in [6, 6.07) is 8.08. The molecule has 0 aliphatic carbocycles. The van der Waals surface area contributed by atoms with Crippen molar-refractivity contribution < 1.29 is 4.74 Å². The lowest BCUT2D eigenvalue weighted by Gasteiger charge is -2.10. The maximum atomic E-state index is 6.14. The number of halogens is 1. The van der Waals surface area contributed by atoms with Crippen LogP contribution in [0.15, 0.2) is 36.7 Å². The Balaban J connectivity index is 1.67. The van der Waals surface area contributed by atoms with Gasteiger partial charge in [0.15, 0.2) is 5.75 Å². The number of benzene rings is 1. The summed E-state index contributed by atoms with van der Waals surface area (Å²) < 4.78 is 7.48. The van der Waals surface area contributed by atoms with Crippen molar-refractivity contribution >= 4 is 11.6 Å². The minimum absolute atomic E-state index is 0.462. The highest BCUT2D eigenvalue weighted by Crippen LogP contribution is 2.21. The lowest BCUT2D eigenvalue weighted by Crippen LogP contribution is -2.28. The minimum atomic E-state index is 0.462. The van der Waals surface area contributed by atoms with Gasteiger partial charge in [-0.3, -0.25) is 0 Å². The number of nitrogens with zero attached hydrogens (tertiary/aromatic N) is 2. The van der Waals surface area contributed by atoms with E-state index in [4.69, 9.17) is 16.3 Å². The molecule has 1 aliphatic heterocycles. The Morgan fingerprint density at radius 2 is 2.32 bits per heavy atom. The first-order valence-electron chi connectivity index (χ1n) is 6.49. The number of para-hydroxylation sites is 1. The van der Waals surface area contributed by atoms with Crippen LogP contribution in [0.1, 0.15) is 12.8 Å². The largest absolute Gasteiger partial charge is 0.489 e. The van der Waals surface area contributed by atoms with Crippen molar-refractivity contribution in [3.05, 3.63) is 41.7 Å². The standard InChI is InChI=1S/C14H16ClN3O/c15-13-5-1-2-6-14(13)18-9-12(8-17-18)19-10-11-4-3-7-16-11/h1-2,5-6,8-9,11,16H,3-4,7,10H2. The van der Waals surface area contributed by atoms with Gasteiger partial charge in [0.2, 0.25) is 0 Å². The zero-order chi connectivity index (χ0) is 13.1. The van der Waals surface area contributed by atoms with E-state index in [0.717, 1.165) is 18.0 Å². The highest BCUT2D eigenvalue weighted by Gasteiger charge is 2.15. The molecule has 0 spiro atoms. The van der Waals surface area contributed by atoms with Crippen molar-refractivity contribution in [3.8, 4) is 11.4 Å². The van der Waals surface area contributed by atoms with Gasteiger partial charge in [-0.05, 0) is 31.5 Å². The van der Waals surface area contributed by atoms with Gasteiger partial charge in [-0.15, -0.1) is 0 Å². The van der Waals surface area contributed by atoms with Crippen molar-refractivity contribution in [2.45, 2.75) is 18.9 Å². The summed E-state index contributed by atoms with van der Waals surface area (Å²) >= 11 is 6.14. The Morgan fingerprint density at radius 1 is 1.42 bits per heavy atom. The summed E-state index contributed by atoms with van der Waals surface area (Å²) in [5.74, 6) is 0.772. The Hall–Kier alpha value is -1.52. The van der Waals surface area contributed by atoms with Crippen molar-refractivity contribution in [3.63, 3.8) is 0 Å². The molecule has 1 unspecified atom stereocenters. The third-order valence-electron chi connectivity index (χ3n) is 3.27. The summed E-state index contributed by atoms with van der Waals surface area (Å²) in [7, 11) is 0. The number of aromatic nitrogens is 2. The van der Waals surface area contributed by atoms with Crippen molar-refractivity contribution in [2.75, 3.05) is 13.2 Å². The molecule has 100 valence electrons. The van der Waals surface area contributed by atoms with E-state index in [0.29, 0.717) is 17.7 Å². The molecule has 3 rings (SSSR count). The van der Waals surface area contributed by atoms with Gasteiger partial charge in [0.05, 0.1) is 23.1 Å². The van der Waals surface area contributed by atoms with Gasteiger partial charge < -0.3 is 10.1 Å². The van der Waals surface area contributed by atoms with Gasteiger partial charge in [-0.1, -0.05) is 23.7 Å². The Morgan fingerprint density at radius 3 is 3.11 bits per heavy atom. The predicted octanol–water partition coefficient (Wildman–Crippen LogP) is 2.66. The summed E-state index contributed by atoms with van der Waals surface area (Å²) in [5.41, 5.74) is 0.859. The molecule has 0 amide bonds. The van der Waals surface area contributed by atoms with E-state index < -0.39 is 0 Å². The lowest BCUT2D eigenvalue weighted by atomic mass is 10.2. The van der Waals surface area contributed by atoms with Gasteiger partial charge in [-0.2, -0.15) is 5.10 Å². The number of hydrogen-bond donors (Lipinski definition) is 1. The van der Waals surface area contributed by atoms with E-state index in [1.807, 2.05) is 30.5 Å². The smallest absolute Gasteiger partial charge is 0.157 e. The van der Waals surface area contributed by atoms with Crippen LogP contribution in [0, 0.1) is 0 Å². The second kappa shape index (κ2) is 5.63. The van der Waals surface area contributed by atoms with Crippen LogP contribution in [0.25, 0.3) is 5.69 Å². The third kappa shape index (κ3) is 2.91. The monoisotopic (exact) mass is 277 g/mol. The second-order valence-electron chi connectivity index (χ2n) is 4.68. The quantitative estimate of drug-likeness (QED) is 0.934. The molecule has 1 saturated heterocycles. The molecule has 2 aromatic rings. The lowest BCUT2D eigenvalue weighted by molar-refractivity contribution is 0.277. The molecule has 0 bridgehead atoms. The molecule has 0 radical (unpaired) electrons. The van der Waals surface area contributed by atoms with Gasteiger partial charge in [0.25, 0.3) is 0 Å². The maximum Gasteiger partial charge on any atom is 0.157 e. The summed E-state index contributed by atoms with van der Waals surface area (Å²) in [4.78, 5) is 0. The zero-order valence-electron chi connectivity index (χ0n) is 10.6. The van der Waals surface area contributed by atoms with Crippen LogP contribution in [0.5, 0.6) is 5.75 Å². The second-order valence-corrected chi connectivity index (χ2v) is 5.08. The Labute approximate surface area is 117 Å². The van der Waals surface area contributed by atoms with Crippen molar-refractivity contribution in [1.82, 2.24) is 15.1 Å². The number of nitrogens with one attached hydrogen (secondary N) is 1. The van der Waals surface area contributed by atoms with E-state index >= 15 is 0 Å². The first kappa shape index (κ1) is 12.5. The van der Waals surface area contributed by atoms with Crippen LogP contribution in [0.3, 0.4) is 0 Å². The molecule has 1 aromatic carbocycles. The topological polar surface area (TPSA) is 39.1 Å². The molecule has 4 nitrogen and oxygen atoms in total. The molecular formula is C14H16ClN3O. The van der Waals surface area contributed by atoms with E-state index in [-0.39, 0.29) is 0 Å². The van der Waals surface area contributed by atoms with Gasteiger partial charge in [0, 0.05) is 6.04 Å². The summed E-state index contributed by atoms with van der Waals surface area (Å²) in [5, 5.41) is 8.36. The van der Waals surface area contributed by atoms with Crippen molar-refractivity contribution in [1.29, 1.82) is 0 Å². The van der Waals surface area contributed by atoms with Gasteiger partial charge in [-0.25, -0.2) is 4.68 Å². The fourth-order valence-corrected chi connectivity index (χ4v) is 2.47. The van der Waals surface area contributed by atoms with Crippen LogP contribution in [-0.4, -0.2) is 29.0 Å². The first-order valence-corrected chi connectivity index (χ1v) is 6.86. The van der Waals surface area contributed by atoms with Gasteiger partial charge in [0.1, 0.15) is 6.61 Å².